The van der Waals surface area contributed by atoms with Crippen molar-refractivity contribution in [2.24, 2.45) is 5.10 Å². The van der Waals surface area contributed by atoms with Gasteiger partial charge in [0.15, 0.2) is 0 Å². The van der Waals surface area contributed by atoms with E-state index in [0.717, 1.165) is 11.3 Å². The Morgan fingerprint density at radius 3 is 2.50 bits per heavy atom. The van der Waals surface area contributed by atoms with Crippen molar-refractivity contribution >= 4 is 29.4 Å². The monoisotopic (exact) mass is 287 g/mol. The average molecular weight is 288 g/mol. The maximum atomic E-state index is 11.6. The normalized spacial score (nSPS) is 10.4. The largest absolute Gasteiger partial charge is 0.376 e. The molecule has 2 N–H and O–H groups in total. The summed E-state index contributed by atoms with van der Waals surface area (Å²) in [6.07, 6.45) is 1.57. The molecule has 2 aromatic carbocycles. The molecule has 0 aliphatic rings. The number of anilines is 1. The van der Waals surface area contributed by atoms with Gasteiger partial charge in [-0.1, -0.05) is 41.9 Å². The van der Waals surface area contributed by atoms with Gasteiger partial charge < -0.3 is 5.32 Å². The summed E-state index contributed by atoms with van der Waals surface area (Å²) in [7, 11) is 0. The Kier molecular flexibility index (Phi) is 5.15. The van der Waals surface area contributed by atoms with Gasteiger partial charge in [-0.15, -0.1) is 0 Å². The highest BCUT2D eigenvalue weighted by Crippen LogP contribution is 2.07. The van der Waals surface area contributed by atoms with Crippen LogP contribution in [0.1, 0.15) is 5.56 Å². The molecule has 0 bridgehead atoms. The Morgan fingerprint density at radius 2 is 1.80 bits per heavy atom. The molecule has 0 aliphatic heterocycles. The van der Waals surface area contributed by atoms with Gasteiger partial charge in [0.25, 0.3) is 5.91 Å². The van der Waals surface area contributed by atoms with Crippen LogP contribution < -0.4 is 10.7 Å². The number of nitrogens with zero attached hydrogens (tertiary/aromatic N) is 1. The number of nitrogens with one attached hydrogen (secondary N) is 2. The van der Waals surface area contributed by atoms with E-state index < -0.39 is 0 Å². The molecule has 20 heavy (non-hydrogen) atoms. The molecule has 0 atom stereocenters. The molecule has 2 aromatic rings. The third-order valence-corrected chi connectivity index (χ3v) is 2.75. The molecule has 0 aromatic heterocycles. The smallest absolute Gasteiger partial charge is 0.259 e. The van der Waals surface area contributed by atoms with Crippen molar-refractivity contribution < 1.29 is 4.79 Å². The minimum Gasteiger partial charge on any atom is -0.376 e. The first-order valence-electron chi connectivity index (χ1n) is 6.10. The number of carbonyl (C=O) groups excluding carboxylic acids is 1. The Balaban J connectivity index is 1.76. The van der Waals surface area contributed by atoms with Crippen molar-refractivity contribution in [2.45, 2.75) is 0 Å². The van der Waals surface area contributed by atoms with E-state index in [1.807, 2.05) is 42.5 Å². The van der Waals surface area contributed by atoms with Gasteiger partial charge in [0.2, 0.25) is 0 Å². The average Bonchev–Trinajstić information content (AvgIpc) is 2.48. The van der Waals surface area contributed by atoms with Crippen LogP contribution in [0.15, 0.2) is 59.7 Å². The predicted octanol–water partition coefficient (Wildman–Crippen LogP) is 2.90. The first-order chi connectivity index (χ1) is 9.74. The van der Waals surface area contributed by atoms with Gasteiger partial charge in [-0.3, -0.25) is 4.79 Å². The van der Waals surface area contributed by atoms with Crippen LogP contribution in [0.25, 0.3) is 0 Å². The minimum absolute atomic E-state index is 0.169. The summed E-state index contributed by atoms with van der Waals surface area (Å²) < 4.78 is 0. The van der Waals surface area contributed by atoms with Crippen LogP contribution in [0, 0.1) is 0 Å². The summed E-state index contributed by atoms with van der Waals surface area (Å²) in [6.45, 7) is 0.169. The number of hydrogen-bond acceptors (Lipinski definition) is 3. The highest BCUT2D eigenvalue weighted by Gasteiger charge is 1.98. The fourth-order valence-electron chi connectivity index (χ4n) is 1.51. The number of carbonyl (C=O) groups is 1. The fraction of sp³-hybridized carbons (Fsp3) is 0.0667. The van der Waals surface area contributed by atoms with Gasteiger partial charge in [-0.25, -0.2) is 5.43 Å². The lowest BCUT2D eigenvalue weighted by Crippen LogP contribution is -2.25. The zero-order valence-corrected chi connectivity index (χ0v) is 11.5. The van der Waals surface area contributed by atoms with E-state index in [4.69, 9.17) is 11.6 Å². The van der Waals surface area contributed by atoms with E-state index in [9.17, 15) is 4.79 Å². The van der Waals surface area contributed by atoms with Gasteiger partial charge >= 0.3 is 0 Å². The van der Waals surface area contributed by atoms with Crippen molar-refractivity contribution in [3.63, 3.8) is 0 Å². The van der Waals surface area contributed by atoms with Crippen molar-refractivity contribution in [1.29, 1.82) is 0 Å². The van der Waals surface area contributed by atoms with Crippen LogP contribution in [0.3, 0.4) is 0 Å². The lowest BCUT2D eigenvalue weighted by Gasteiger charge is -2.04. The number of hydrogen-bond donors (Lipinski definition) is 2. The van der Waals surface area contributed by atoms with E-state index in [1.54, 1.807) is 18.3 Å². The third kappa shape index (κ3) is 4.74. The lowest BCUT2D eigenvalue weighted by atomic mass is 10.2. The Labute approximate surface area is 122 Å². The highest BCUT2D eigenvalue weighted by molar-refractivity contribution is 6.30. The third-order valence-electron chi connectivity index (χ3n) is 2.50. The fourth-order valence-corrected chi connectivity index (χ4v) is 1.63. The molecule has 0 fully saturated rings. The summed E-state index contributed by atoms with van der Waals surface area (Å²) >= 11 is 5.77. The molecule has 0 saturated heterocycles. The molecule has 4 nitrogen and oxygen atoms in total. The van der Waals surface area contributed by atoms with Crippen LogP contribution >= 0.6 is 11.6 Å². The SMILES string of the molecule is O=C(CNc1ccccc1)N/N=C/c1ccc(Cl)cc1. The van der Waals surface area contributed by atoms with Crippen molar-refractivity contribution in [3.8, 4) is 0 Å². The number of amides is 1. The predicted molar refractivity (Wildman–Crippen MR) is 82.1 cm³/mol. The maximum Gasteiger partial charge on any atom is 0.259 e. The van der Waals surface area contributed by atoms with Crippen LogP contribution in [0.4, 0.5) is 5.69 Å². The molecule has 0 heterocycles. The molecule has 1 amide bonds. The Hall–Kier alpha value is -2.33. The maximum absolute atomic E-state index is 11.6. The summed E-state index contributed by atoms with van der Waals surface area (Å²) in [6, 6.07) is 16.7. The molecule has 0 aliphatic carbocycles. The standard InChI is InChI=1S/C15H14ClN3O/c16-13-8-6-12(7-9-13)10-18-19-15(20)11-17-14-4-2-1-3-5-14/h1-10,17H,11H2,(H,19,20)/b18-10+. The van der Waals surface area contributed by atoms with Crippen molar-refractivity contribution in [3.05, 3.63) is 65.2 Å². The quantitative estimate of drug-likeness (QED) is 0.656. The van der Waals surface area contributed by atoms with E-state index >= 15 is 0 Å². The van der Waals surface area contributed by atoms with E-state index in [2.05, 4.69) is 15.8 Å². The van der Waals surface area contributed by atoms with Gasteiger partial charge in [-0.05, 0) is 29.8 Å². The number of benzene rings is 2. The molecular weight excluding hydrogens is 274 g/mol. The molecule has 0 saturated carbocycles. The zero-order chi connectivity index (χ0) is 14.2. The number of halogens is 1. The zero-order valence-electron chi connectivity index (χ0n) is 10.7. The van der Waals surface area contributed by atoms with Gasteiger partial charge in [0.1, 0.15) is 0 Å². The minimum atomic E-state index is -0.209. The number of hydrazone groups is 1. The molecule has 5 heteroatoms. The topological polar surface area (TPSA) is 53.5 Å². The second-order valence-electron chi connectivity index (χ2n) is 4.06. The molecular formula is C15H14ClN3O. The van der Waals surface area contributed by atoms with Crippen LogP contribution in [-0.4, -0.2) is 18.7 Å². The first-order valence-corrected chi connectivity index (χ1v) is 6.48. The Bertz CT molecular complexity index is 582. The van der Waals surface area contributed by atoms with Crippen LogP contribution in [0.2, 0.25) is 5.02 Å². The Morgan fingerprint density at radius 1 is 1.10 bits per heavy atom. The second kappa shape index (κ2) is 7.31. The van der Waals surface area contributed by atoms with Crippen molar-refractivity contribution in [2.75, 3.05) is 11.9 Å². The highest BCUT2D eigenvalue weighted by atomic mass is 35.5. The molecule has 2 rings (SSSR count). The molecule has 0 radical (unpaired) electrons. The molecule has 102 valence electrons. The summed E-state index contributed by atoms with van der Waals surface area (Å²) in [5, 5.41) is 7.54. The van der Waals surface area contributed by atoms with E-state index in [1.165, 1.54) is 0 Å². The lowest BCUT2D eigenvalue weighted by molar-refractivity contribution is -0.119. The first kappa shape index (κ1) is 14.1. The van der Waals surface area contributed by atoms with Gasteiger partial charge in [-0.2, -0.15) is 5.10 Å². The van der Waals surface area contributed by atoms with Crippen LogP contribution in [-0.2, 0) is 4.79 Å². The number of para-hydroxylation sites is 1. The van der Waals surface area contributed by atoms with E-state index in [0.29, 0.717) is 5.02 Å². The van der Waals surface area contributed by atoms with Gasteiger partial charge in [0, 0.05) is 10.7 Å². The van der Waals surface area contributed by atoms with Crippen molar-refractivity contribution in [1.82, 2.24) is 5.43 Å². The summed E-state index contributed by atoms with van der Waals surface area (Å²) in [5.41, 5.74) is 4.21. The summed E-state index contributed by atoms with van der Waals surface area (Å²) in [4.78, 5) is 11.6. The second-order valence-corrected chi connectivity index (χ2v) is 4.50. The summed E-state index contributed by atoms with van der Waals surface area (Å²) in [5.74, 6) is -0.209. The van der Waals surface area contributed by atoms with E-state index in [-0.39, 0.29) is 12.5 Å². The van der Waals surface area contributed by atoms with Gasteiger partial charge in [0.05, 0.1) is 12.8 Å². The molecule has 0 spiro atoms. The van der Waals surface area contributed by atoms with Crippen LogP contribution in [0.5, 0.6) is 0 Å². The molecule has 0 unspecified atom stereocenters. The number of rotatable bonds is 5.